The molecule has 0 saturated heterocycles. The van der Waals surface area contributed by atoms with Crippen LogP contribution in [0.3, 0.4) is 0 Å². The summed E-state index contributed by atoms with van der Waals surface area (Å²) in [5, 5.41) is 0. The van der Waals surface area contributed by atoms with Gasteiger partial charge in [0.25, 0.3) is 0 Å². The van der Waals surface area contributed by atoms with Crippen molar-refractivity contribution in [3.63, 3.8) is 0 Å². The minimum absolute atomic E-state index is 0. The van der Waals surface area contributed by atoms with Crippen LogP contribution in [0.15, 0.2) is 0 Å². The van der Waals surface area contributed by atoms with Crippen molar-refractivity contribution < 1.29 is 38.4 Å². The molecule has 0 aliphatic rings. The van der Waals surface area contributed by atoms with Crippen molar-refractivity contribution in [2.75, 3.05) is 0 Å². The van der Waals surface area contributed by atoms with Crippen molar-refractivity contribution in [2.45, 2.75) is 0 Å². The van der Waals surface area contributed by atoms with Gasteiger partial charge in [-0.2, -0.15) is 0 Å². The Balaban J connectivity index is -0.00000000500. The van der Waals surface area contributed by atoms with Gasteiger partial charge in [0.2, 0.25) is 0 Å². The van der Waals surface area contributed by atoms with Crippen LogP contribution < -0.4 is 0 Å². The largest absolute Gasteiger partial charge is 0.0434 e. The quantitative estimate of drug-likeness (QED) is 0.470. The Morgan fingerprint density at radius 2 is 1.25 bits per heavy atom. The van der Waals surface area contributed by atoms with Gasteiger partial charge in [0.05, 0.1) is 0 Å². The van der Waals surface area contributed by atoms with E-state index in [4.69, 9.17) is 0 Å². The van der Waals surface area contributed by atoms with Gasteiger partial charge in [0.15, 0.2) is 0 Å². The van der Waals surface area contributed by atoms with Crippen molar-refractivity contribution >= 4 is 17.6 Å². The van der Waals surface area contributed by atoms with Crippen molar-refractivity contribution in [3.8, 4) is 0 Å². The van der Waals surface area contributed by atoms with Gasteiger partial charge in [-0.25, -0.2) is 0 Å². The fourth-order valence-electron chi connectivity index (χ4n) is 0. The predicted octanol–water partition coefficient (Wildman–Crippen LogP) is -1.57. The van der Waals surface area contributed by atoms with Crippen molar-refractivity contribution in [2.24, 2.45) is 0 Å². The molecule has 0 unspecified atom stereocenters. The Morgan fingerprint density at radius 3 is 1.25 bits per heavy atom. The summed E-state index contributed by atoms with van der Waals surface area (Å²) in [6.45, 7) is 0. The molecule has 22 valence electrons. The first-order valence-electron chi connectivity index (χ1n) is 0.577. The summed E-state index contributed by atoms with van der Waals surface area (Å²) in [4.78, 5) is 0. The summed E-state index contributed by atoms with van der Waals surface area (Å²) in [5.74, 6) is 0. The SMILES string of the molecule is [B][SiH3].[Cr].[W]. The first-order chi connectivity index (χ1) is 1.00. The van der Waals surface area contributed by atoms with Crippen LogP contribution in [0.5, 0.6) is 0 Å². The molecule has 0 N–H and O–H groups in total. The summed E-state index contributed by atoms with van der Waals surface area (Å²) in [6, 6.07) is 0. The fraction of sp³-hybridized carbons (Fsp3) is 0. The van der Waals surface area contributed by atoms with E-state index in [-0.39, 0.29) is 38.4 Å². The van der Waals surface area contributed by atoms with E-state index in [1.54, 1.807) is 0 Å². The molecule has 0 atom stereocenters. The molecule has 0 aliphatic heterocycles. The minimum Gasteiger partial charge on any atom is -0.0388 e. The molecular weight excluding hydrogens is 275 g/mol. The first kappa shape index (κ1) is 17.8. The molecular formula is H3BCrSiW. The third-order valence-corrected chi connectivity index (χ3v) is 0. The second kappa shape index (κ2) is 24.5. The van der Waals surface area contributed by atoms with Crippen LogP contribution in [0.1, 0.15) is 0 Å². The normalized spacial score (nSPS) is 2.00. The van der Waals surface area contributed by atoms with E-state index in [1.165, 1.54) is 0 Å². The molecule has 2 radical (unpaired) electrons. The Kier molecular flexibility index (Phi) is 109. The summed E-state index contributed by atoms with van der Waals surface area (Å²) in [6.07, 6.45) is 0. The van der Waals surface area contributed by atoms with E-state index in [0.29, 0.717) is 0 Å². The molecule has 4 heteroatoms. The third-order valence-electron chi connectivity index (χ3n) is 0. The van der Waals surface area contributed by atoms with Gasteiger partial charge < -0.3 is 0 Å². The zero-order valence-electron chi connectivity index (χ0n) is 2.39. The van der Waals surface area contributed by atoms with Gasteiger partial charge >= 0.3 is 0 Å². The third kappa shape index (κ3) is 9.72. The molecule has 0 saturated carbocycles. The Labute approximate surface area is 55.9 Å². The summed E-state index contributed by atoms with van der Waals surface area (Å²) in [5.41, 5.74) is 0. The summed E-state index contributed by atoms with van der Waals surface area (Å²) in [7, 11) is 5.44. The monoisotopic (exact) mass is 278 g/mol. The van der Waals surface area contributed by atoms with E-state index in [2.05, 4.69) is 7.44 Å². The van der Waals surface area contributed by atoms with Crippen LogP contribution in [0.2, 0.25) is 0 Å². The zero-order valence-corrected chi connectivity index (χ0v) is 8.60. The number of hydrogen-bond donors (Lipinski definition) is 0. The molecule has 0 rings (SSSR count). The van der Waals surface area contributed by atoms with Crippen LogP contribution in [0.25, 0.3) is 0 Å². The second-order valence-electron chi connectivity index (χ2n) is 0. The van der Waals surface area contributed by atoms with Crippen LogP contribution in [0, 0.1) is 0 Å². The number of hydrogen-bond acceptors (Lipinski definition) is 0. The van der Waals surface area contributed by atoms with Gasteiger partial charge in [-0.3, -0.25) is 0 Å². The van der Waals surface area contributed by atoms with Crippen molar-refractivity contribution in [1.82, 2.24) is 0 Å². The van der Waals surface area contributed by atoms with Gasteiger partial charge in [0.1, 0.15) is 0 Å². The van der Waals surface area contributed by atoms with E-state index in [1.807, 2.05) is 0 Å². The van der Waals surface area contributed by atoms with Crippen LogP contribution in [-0.2, 0) is 38.4 Å². The fourth-order valence-corrected chi connectivity index (χ4v) is 0. The van der Waals surface area contributed by atoms with E-state index in [9.17, 15) is 0 Å². The smallest absolute Gasteiger partial charge is 0.0388 e. The second-order valence-corrected chi connectivity index (χ2v) is 0. The Hall–Kier alpha value is 1.50. The summed E-state index contributed by atoms with van der Waals surface area (Å²) >= 11 is 0. The average Bonchev–Trinajstić information content (AvgIpc) is 1.00. The first-order valence-corrected chi connectivity index (χ1v) is 1.73. The molecule has 0 bridgehead atoms. The maximum absolute atomic E-state index is 4.64. The molecule has 4 heavy (non-hydrogen) atoms. The topological polar surface area (TPSA) is 0 Å². The van der Waals surface area contributed by atoms with Gasteiger partial charge in [-0.15, -0.1) is 0 Å². The molecule has 0 aliphatic carbocycles. The average molecular weight is 278 g/mol. The van der Waals surface area contributed by atoms with Crippen molar-refractivity contribution in [3.05, 3.63) is 0 Å². The molecule has 0 aromatic heterocycles. The van der Waals surface area contributed by atoms with Crippen LogP contribution in [0.4, 0.5) is 0 Å². The van der Waals surface area contributed by atoms with Gasteiger partial charge in [-0.05, 0) is 10.1 Å². The number of rotatable bonds is 0. The van der Waals surface area contributed by atoms with Crippen LogP contribution >= 0.6 is 0 Å². The van der Waals surface area contributed by atoms with Gasteiger partial charge in [0, 0.05) is 45.9 Å². The predicted molar refractivity (Wildman–Crippen MR) is 15.7 cm³/mol. The van der Waals surface area contributed by atoms with Gasteiger partial charge in [-0.1, -0.05) is 0 Å². The molecule has 0 heterocycles. The molecule has 0 nitrogen and oxygen atoms in total. The summed E-state index contributed by atoms with van der Waals surface area (Å²) < 4.78 is 0. The van der Waals surface area contributed by atoms with E-state index in [0.717, 1.165) is 10.1 Å². The maximum Gasteiger partial charge on any atom is 0.0434 e. The Morgan fingerprint density at radius 1 is 1.25 bits per heavy atom. The maximum atomic E-state index is 4.64. The van der Waals surface area contributed by atoms with Crippen LogP contribution in [-0.4, -0.2) is 17.6 Å². The molecule has 0 fully saturated rings. The minimum atomic E-state index is 0. The molecule has 0 spiro atoms. The molecule has 0 aromatic carbocycles. The Bertz CT molecular complexity index is 8.00. The molecule has 0 aromatic rings. The van der Waals surface area contributed by atoms with Crippen molar-refractivity contribution in [1.29, 1.82) is 0 Å². The standard InChI is InChI=1S/BH3Si.Cr.W/c1-2;;/h2H3;;. The van der Waals surface area contributed by atoms with E-state index < -0.39 is 0 Å². The molecule has 0 amide bonds. The van der Waals surface area contributed by atoms with E-state index >= 15 is 0 Å². The zero-order chi connectivity index (χ0) is 2.00.